The van der Waals surface area contributed by atoms with Crippen molar-refractivity contribution >= 4 is 21.4 Å². The number of benzene rings is 1. The first-order valence-electron chi connectivity index (χ1n) is 6.22. The fourth-order valence-corrected chi connectivity index (χ4v) is 4.05. The summed E-state index contributed by atoms with van der Waals surface area (Å²) >= 11 is 1.12. The number of nitrogens with one attached hydrogen (secondary N) is 1. The van der Waals surface area contributed by atoms with E-state index in [9.17, 15) is 12.8 Å². The van der Waals surface area contributed by atoms with Gasteiger partial charge < -0.3 is 4.74 Å². The average Bonchev–Trinajstić information content (AvgIpc) is 3.00. The molecule has 2 rings (SSSR count). The van der Waals surface area contributed by atoms with Gasteiger partial charge in [0.2, 0.25) is 10.0 Å². The van der Waals surface area contributed by atoms with Gasteiger partial charge in [0, 0.05) is 19.2 Å². The van der Waals surface area contributed by atoms with E-state index in [1.54, 1.807) is 36.6 Å². The lowest BCUT2D eigenvalue weighted by atomic mass is 9.95. The standard InChI is InChI=1S/C14H16FNO3S2/c1-14(19-2,11-6-3-4-7-12(11)15)10-16-21(17,18)13-8-5-9-20-13/h3-9,16H,10H2,1-2H3/t14-/m0/s1. The molecule has 0 radical (unpaired) electrons. The predicted octanol–water partition coefficient (Wildman–Crippen LogP) is 2.73. The van der Waals surface area contributed by atoms with E-state index in [0.717, 1.165) is 11.3 Å². The summed E-state index contributed by atoms with van der Waals surface area (Å²) in [6.07, 6.45) is 0. The van der Waals surface area contributed by atoms with Crippen LogP contribution in [0.4, 0.5) is 4.39 Å². The number of rotatable bonds is 6. The second-order valence-corrected chi connectivity index (χ2v) is 7.61. The third-order valence-corrected chi connectivity index (χ3v) is 6.05. The topological polar surface area (TPSA) is 55.4 Å². The minimum Gasteiger partial charge on any atom is -0.372 e. The summed E-state index contributed by atoms with van der Waals surface area (Å²) in [5.41, 5.74) is -0.781. The van der Waals surface area contributed by atoms with Crippen LogP contribution in [0.1, 0.15) is 12.5 Å². The van der Waals surface area contributed by atoms with Gasteiger partial charge in [-0.3, -0.25) is 0 Å². The molecule has 0 aliphatic rings. The summed E-state index contributed by atoms with van der Waals surface area (Å²) in [4.78, 5) is 0. The van der Waals surface area contributed by atoms with Gasteiger partial charge in [-0.25, -0.2) is 17.5 Å². The van der Waals surface area contributed by atoms with E-state index >= 15 is 0 Å². The molecule has 114 valence electrons. The molecular weight excluding hydrogens is 313 g/mol. The minimum absolute atomic E-state index is 0.0648. The SMILES string of the molecule is CO[C@@](C)(CNS(=O)(=O)c1cccs1)c1ccccc1F. The Bertz CT molecular complexity index is 701. The molecule has 1 N–H and O–H groups in total. The molecule has 21 heavy (non-hydrogen) atoms. The molecule has 4 nitrogen and oxygen atoms in total. The van der Waals surface area contributed by atoms with Crippen molar-refractivity contribution in [3.63, 3.8) is 0 Å². The normalized spacial score (nSPS) is 14.8. The Morgan fingerprint density at radius 2 is 2.00 bits per heavy atom. The van der Waals surface area contributed by atoms with Crippen molar-refractivity contribution in [1.29, 1.82) is 0 Å². The first kappa shape index (κ1) is 16.1. The van der Waals surface area contributed by atoms with E-state index in [1.165, 1.54) is 19.2 Å². The van der Waals surface area contributed by atoms with Crippen molar-refractivity contribution in [1.82, 2.24) is 4.72 Å². The maximum atomic E-state index is 13.9. The molecule has 0 aliphatic heterocycles. The molecule has 0 unspecified atom stereocenters. The van der Waals surface area contributed by atoms with Gasteiger partial charge in [-0.05, 0) is 24.4 Å². The highest BCUT2D eigenvalue weighted by atomic mass is 32.2. The van der Waals surface area contributed by atoms with Crippen LogP contribution in [0.2, 0.25) is 0 Å². The molecule has 0 spiro atoms. The van der Waals surface area contributed by atoms with E-state index in [4.69, 9.17) is 4.74 Å². The first-order chi connectivity index (χ1) is 9.89. The zero-order valence-corrected chi connectivity index (χ0v) is 13.3. The van der Waals surface area contributed by atoms with Crippen molar-refractivity contribution in [2.45, 2.75) is 16.7 Å². The largest absolute Gasteiger partial charge is 0.372 e. The van der Waals surface area contributed by atoms with Crippen LogP contribution in [0.15, 0.2) is 46.0 Å². The van der Waals surface area contributed by atoms with Gasteiger partial charge in [0.15, 0.2) is 0 Å². The summed E-state index contributed by atoms with van der Waals surface area (Å²) in [5.74, 6) is -0.433. The van der Waals surface area contributed by atoms with E-state index in [0.29, 0.717) is 5.56 Å². The van der Waals surface area contributed by atoms with E-state index in [-0.39, 0.29) is 10.8 Å². The monoisotopic (exact) mass is 329 g/mol. The van der Waals surface area contributed by atoms with Crippen molar-refractivity contribution in [2.24, 2.45) is 0 Å². The summed E-state index contributed by atoms with van der Waals surface area (Å²) in [6, 6.07) is 9.33. The minimum atomic E-state index is -3.62. The summed E-state index contributed by atoms with van der Waals surface area (Å²) in [7, 11) is -2.19. The molecule has 0 saturated carbocycles. The number of halogens is 1. The van der Waals surface area contributed by atoms with Gasteiger partial charge in [0.25, 0.3) is 0 Å². The van der Waals surface area contributed by atoms with E-state index in [2.05, 4.69) is 4.72 Å². The average molecular weight is 329 g/mol. The van der Waals surface area contributed by atoms with Gasteiger partial charge in [-0.15, -0.1) is 11.3 Å². The van der Waals surface area contributed by atoms with Crippen LogP contribution in [-0.4, -0.2) is 22.1 Å². The smallest absolute Gasteiger partial charge is 0.250 e. The Kier molecular flexibility index (Phi) is 4.77. The maximum absolute atomic E-state index is 13.9. The number of hydrogen-bond acceptors (Lipinski definition) is 4. The number of sulfonamides is 1. The molecule has 1 atom stereocenters. The Labute approximate surface area is 127 Å². The second kappa shape index (κ2) is 6.23. The molecule has 0 fully saturated rings. The van der Waals surface area contributed by atoms with Crippen LogP contribution in [-0.2, 0) is 20.4 Å². The van der Waals surface area contributed by atoms with Crippen molar-refractivity contribution in [3.05, 3.63) is 53.2 Å². The molecule has 1 heterocycles. The molecule has 1 aromatic heterocycles. The lowest BCUT2D eigenvalue weighted by Gasteiger charge is -2.29. The van der Waals surface area contributed by atoms with Crippen LogP contribution in [0, 0.1) is 5.82 Å². The predicted molar refractivity (Wildman–Crippen MR) is 80.3 cm³/mol. The fourth-order valence-electron chi connectivity index (χ4n) is 1.89. The molecule has 0 aliphatic carbocycles. The van der Waals surface area contributed by atoms with Crippen LogP contribution in [0.3, 0.4) is 0 Å². The zero-order valence-electron chi connectivity index (χ0n) is 11.7. The fraction of sp³-hybridized carbons (Fsp3) is 0.286. The van der Waals surface area contributed by atoms with E-state index in [1.807, 2.05) is 0 Å². The van der Waals surface area contributed by atoms with Crippen molar-refractivity contribution in [3.8, 4) is 0 Å². The first-order valence-corrected chi connectivity index (χ1v) is 8.59. The van der Waals surface area contributed by atoms with Gasteiger partial charge in [0.1, 0.15) is 15.6 Å². The Morgan fingerprint density at radius 3 is 2.57 bits per heavy atom. The van der Waals surface area contributed by atoms with Crippen LogP contribution in [0.25, 0.3) is 0 Å². The third-order valence-electron chi connectivity index (χ3n) is 3.25. The molecule has 7 heteroatoms. The lowest BCUT2D eigenvalue weighted by Crippen LogP contribution is -2.40. The number of thiophene rings is 1. The summed E-state index contributed by atoms with van der Waals surface area (Å²) < 4.78 is 46.2. The quantitative estimate of drug-likeness (QED) is 0.886. The van der Waals surface area contributed by atoms with Crippen LogP contribution in [0.5, 0.6) is 0 Å². The second-order valence-electron chi connectivity index (χ2n) is 4.67. The number of methoxy groups -OCH3 is 1. The summed E-state index contributed by atoms with van der Waals surface area (Å²) in [6.45, 7) is 1.58. The lowest BCUT2D eigenvalue weighted by molar-refractivity contribution is 0.00411. The number of ether oxygens (including phenoxy) is 1. The van der Waals surface area contributed by atoms with Crippen molar-refractivity contribution in [2.75, 3.05) is 13.7 Å². The molecule has 1 aromatic carbocycles. The third kappa shape index (κ3) is 3.49. The van der Waals surface area contributed by atoms with Crippen LogP contribution >= 0.6 is 11.3 Å². The Balaban J connectivity index is 2.22. The Hall–Kier alpha value is -1.28. The summed E-state index contributed by atoms with van der Waals surface area (Å²) in [5, 5.41) is 1.68. The molecular formula is C14H16FNO3S2. The zero-order chi connectivity index (χ0) is 15.5. The maximum Gasteiger partial charge on any atom is 0.250 e. The molecule has 0 bridgehead atoms. The molecule has 2 aromatic rings. The van der Waals surface area contributed by atoms with Gasteiger partial charge in [-0.1, -0.05) is 24.3 Å². The highest BCUT2D eigenvalue weighted by Crippen LogP contribution is 2.27. The molecule has 0 amide bonds. The highest BCUT2D eigenvalue weighted by molar-refractivity contribution is 7.91. The van der Waals surface area contributed by atoms with Crippen molar-refractivity contribution < 1.29 is 17.5 Å². The van der Waals surface area contributed by atoms with Gasteiger partial charge >= 0.3 is 0 Å². The molecule has 0 saturated heterocycles. The van der Waals surface area contributed by atoms with E-state index < -0.39 is 21.4 Å². The number of hydrogen-bond donors (Lipinski definition) is 1. The van der Waals surface area contributed by atoms with Gasteiger partial charge in [0.05, 0.1) is 0 Å². The Morgan fingerprint density at radius 1 is 1.29 bits per heavy atom. The van der Waals surface area contributed by atoms with Gasteiger partial charge in [-0.2, -0.15) is 0 Å². The van der Waals surface area contributed by atoms with Crippen LogP contribution < -0.4 is 4.72 Å². The highest BCUT2D eigenvalue weighted by Gasteiger charge is 2.31.